The van der Waals surface area contributed by atoms with Crippen LogP contribution in [-0.2, 0) is 20.0 Å². The molecule has 0 spiro atoms. The van der Waals surface area contributed by atoms with Gasteiger partial charge in [-0.25, -0.2) is 9.98 Å². The molecule has 2 N–H and O–H groups in total. The van der Waals surface area contributed by atoms with Gasteiger partial charge in [0.25, 0.3) is 0 Å². The topological polar surface area (TPSA) is 70.4 Å². The molecule has 31 heavy (non-hydrogen) atoms. The number of aliphatic imine (C=N–C) groups is 1. The summed E-state index contributed by atoms with van der Waals surface area (Å²) in [7, 11) is 6.02. The van der Waals surface area contributed by atoms with Crippen LogP contribution < -0.4 is 15.5 Å². The molecule has 1 unspecified atom stereocenters. The monoisotopic (exact) mass is 421 g/mol. The molecule has 0 aliphatic heterocycles. The lowest BCUT2D eigenvalue weighted by atomic mass is 10.1. The van der Waals surface area contributed by atoms with Crippen LogP contribution in [0.15, 0.2) is 35.3 Å². The van der Waals surface area contributed by atoms with E-state index < -0.39 is 0 Å². The van der Waals surface area contributed by atoms with Crippen LogP contribution in [0.2, 0.25) is 0 Å². The first-order valence-corrected chi connectivity index (χ1v) is 10.9. The number of anilines is 1. The summed E-state index contributed by atoms with van der Waals surface area (Å²) in [6, 6.07) is 10.6. The summed E-state index contributed by atoms with van der Waals surface area (Å²) < 4.78 is 1.95. The molecule has 0 aliphatic rings. The van der Waals surface area contributed by atoms with Gasteiger partial charge in [-0.1, -0.05) is 18.2 Å². The Morgan fingerprint density at radius 3 is 2.61 bits per heavy atom. The lowest BCUT2D eigenvalue weighted by Gasteiger charge is -2.19. The third-order valence-electron chi connectivity index (χ3n) is 5.55. The lowest BCUT2D eigenvalue weighted by Crippen LogP contribution is -2.43. The SMILES string of the molecule is CCNC(=NCc1cc(N(C)C)nc2ccccc12)NC(C)Cc1c(C)nn(C)c1C. The first-order valence-electron chi connectivity index (χ1n) is 10.9. The van der Waals surface area contributed by atoms with E-state index in [1.165, 1.54) is 11.3 Å². The molecular weight excluding hydrogens is 386 g/mol. The van der Waals surface area contributed by atoms with Crippen LogP contribution in [0.5, 0.6) is 0 Å². The van der Waals surface area contributed by atoms with E-state index >= 15 is 0 Å². The number of nitrogens with one attached hydrogen (secondary N) is 2. The molecular formula is C24H35N7. The quantitative estimate of drug-likeness (QED) is 0.452. The molecule has 7 nitrogen and oxygen atoms in total. The minimum atomic E-state index is 0.228. The molecule has 0 saturated carbocycles. The third kappa shape index (κ3) is 5.34. The number of hydrogen-bond acceptors (Lipinski definition) is 4. The smallest absolute Gasteiger partial charge is 0.191 e. The zero-order valence-electron chi connectivity index (χ0n) is 19.8. The van der Waals surface area contributed by atoms with Gasteiger partial charge in [0.05, 0.1) is 17.8 Å². The second-order valence-electron chi connectivity index (χ2n) is 8.27. The molecule has 3 aromatic rings. The Kier molecular flexibility index (Phi) is 7.15. The van der Waals surface area contributed by atoms with Gasteiger partial charge >= 0.3 is 0 Å². The number of guanidine groups is 1. The second-order valence-corrected chi connectivity index (χ2v) is 8.27. The van der Waals surface area contributed by atoms with E-state index in [-0.39, 0.29) is 6.04 Å². The van der Waals surface area contributed by atoms with E-state index in [1.54, 1.807) is 0 Å². The third-order valence-corrected chi connectivity index (χ3v) is 5.55. The van der Waals surface area contributed by atoms with Crippen molar-refractivity contribution in [2.24, 2.45) is 12.0 Å². The highest BCUT2D eigenvalue weighted by molar-refractivity contribution is 5.85. The summed E-state index contributed by atoms with van der Waals surface area (Å²) in [5, 5.41) is 12.6. The Bertz CT molecular complexity index is 1070. The van der Waals surface area contributed by atoms with Gasteiger partial charge in [0, 0.05) is 44.8 Å². The van der Waals surface area contributed by atoms with E-state index in [1.807, 2.05) is 36.8 Å². The molecule has 1 aromatic carbocycles. The fraction of sp³-hybridized carbons (Fsp3) is 0.458. The summed E-state index contributed by atoms with van der Waals surface area (Å²) in [4.78, 5) is 11.7. The number of aromatic nitrogens is 3. The Hall–Kier alpha value is -3.09. The molecule has 0 saturated heterocycles. The molecule has 0 bridgehead atoms. The van der Waals surface area contributed by atoms with Crippen LogP contribution in [0.25, 0.3) is 10.9 Å². The van der Waals surface area contributed by atoms with Crippen molar-refractivity contribution in [3.63, 3.8) is 0 Å². The normalized spacial score (nSPS) is 12.8. The van der Waals surface area contributed by atoms with Gasteiger partial charge in [-0.15, -0.1) is 0 Å². The van der Waals surface area contributed by atoms with Gasteiger partial charge in [0.15, 0.2) is 5.96 Å². The molecule has 0 fully saturated rings. The highest BCUT2D eigenvalue weighted by Crippen LogP contribution is 2.22. The second kappa shape index (κ2) is 9.81. The van der Waals surface area contributed by atoms with E-state index in [0.29, 0.717) is 6.54 Å². The van der Waals surface area contributed by atoms with E-state index in [9.17, 15) is 0 Å². The van der Waals surface area contributed by atoms with Crippen LogP contribution in [0.1, 0.15) is 36.4 Å². The van der Waals surface area contributed by atoms with Gasteiger partial charge in [-0.05, 0) is 57.4 Å². The van der Waals surface area contributed by atoms with E-state index in [4.69, 9.17) is 9.98 Å². The molecule has 0 aliphatic carbocycles. The number of hydrogen-bond donors (Lipinski definition) is 2. The van der Waals surface area contributed by atoms with Crippen LogP contribution in [0.4, 0.5) is 5.82 Å². The minimum absolute atomic E-state index is 0.228. The van der Waals surface area contributed by atoms with Crippen molar-refractivity contribution >= 4 is 22.7 Å². The lowest BCUT2D eigenvalue weighted by molar-refractivity contribution is 0.636. The first kappa shape index (κ1) is 22.6. The van der Waals surface area contributed by atoms with Gasteiger partial charge in [0.1, 0.15) is 5.82 Å². The molecule has 166 valence electrons. The van der Waals surface area contributed by atoms with Crippen molar-refractivity contribution in [2.75, 3.05) is 25.5 Å². The van der Waals surface area contributed by atoms with Crippen LogP contribution >= 0.6 is 0 Å². The average molecular weight is 422 g/mol. The Morgan fingerprint density at radius 2 is 1.97 bits per heavy atom. The highest BCUT2D eigenvalue weighted by Gasteiger charge is 2.14. The Morgan fingerprint density at radius 1 is 1.23 bits per heavy atom. The maximum absolute atomic E-state index is 4.89. The van der Waals surface area contributed by atoms with Crippen LogP contribution in [0.3, 0.4) is 0 Å². The molecule has 1 atom stereocenters. The van der Waals surface area contributed by atoms with Crippen molar-refractivity contribution in [3.05, 3.63) is 52.8 Å². The maximum Gasteiger partial charge on any atom is 0.191 e. The number of aryl methyl sites for hydroxylation is 2. The van der Waals surface area contributed by atoms with Crippen LogP contribution in [0, 0.1) is 13.8 Å². The van der Waals surface area contributed by atoms with Gasteiger partial charge in [-0.2, -0.15) is 5.10 Å². The van der Waals surface area contributed by atoms with Crippen molar-refractivity contribution in [2.45, 2.75) is 46.7 Å². The number of rotatable bonds is 7. The number of nitrogens with zero attached hydrogens (tertiary/aromatic N) is 5. The number of benzene rings is 1. The largest absolute Gasteiger partial charge is 0.363 e. The fourth-order valence-electron chi connectivity index (χ4n) is 3.78. The predicted octanol–water partition coefficient (Wildman–Crippen LogP) is 3.34. The van der Waals surface area contributed by atoms with Gasteiger partial charge in [-0.3, -0.25) is 4.68 Å². The number of para-hydroxylation sites is 1. The zero-order chi connectivity index (χ0) is 22.5. The Balaban J connectivity index is 1.81. The van der Waals surface area contributed by atoms with E-state index in [2.05, 4.69) is 67.7 Å². The standard InChI is InChI=1S/C24H35N7/c1-8-25-24(27-16(2)13-21-17(3)29-31(7)18(21)4)26-15-19-14-23(30(5)6)28-22-12-10-9-11-20(19)22/h9-12,14,16H,8,13,15H2,1-7H3,(H2,25,26,27). The predicted molar refractivity (Wildman–Crippen MR) is 130 cm³/mol. The summed E-state index contributed by atoms with van der Waals surface area (Å²) >= 11 is 0. The molecule has 2 aromatic heterocycles. The summed E-state index contributed by atoms with van der Waals surface area (Å²) in [5.41, 5.74) is 5.77. The fourth-order valence-corrected chi connectivity index (χ4v) is 3.78. The number of pyridine rings is 1. The van der Waals surface area contributed by atoms with Crippen molar-refractivity contribution in [1.82, 2.24) is 25.4 Å². The molecule has 0 amide bonds. The first-order chi connectivity index (χ1) is 14.8. The molecule has 0 radical (unpaired) electrons. The zero-order valence-corrected chi connectivity index (χ0v) is 19.8. The molecule has 2 heterocycles. The van der Waals surface area contributed by atoms with Gasteiger partial charge in [0.2, 0.25) is 0 Å². The highest BCUT2D eigenvalue weighted by atomic mass is 15.3. The van der Waals surface area contributed by atoms with Crippen molar-refractivity contribution < 1.29 is 0 Å². The number of fused-ring (bicyclic) bond motifs is 1. The molecule has 3 rings (SSSR count). The van der Waals surface area contributed by atoms with Crippen molar-refractivity contribution in [3.8, 4) is 0 Å². The maximum atomic E-state index is 4.89. The summed E-state index contributed by atoms with van der Waals surface area (Å²) in [6.07, 6.45) is 0.902. The Labute approximate surface area is 185 Å². The average Bonchev–Trinajstić information content (AvgIpc) is 2.97. The minimum Gasteiger partial charge on any atom is -0.363 e. The van der Waals surface area contributed by atoms with Crippen LogP contribution in [-0.4, -0.2) is 47.4 Å². The van der Waals surface area contributed by atoms with E-state index in [0.717, 1.165) is 46.9 Å². The summed E-state index contributed by atoms with van der Waals surface area (Å²) in [5.74, 6) is 1.76. The van der Waals surface area contributed by atoms with Crippen molar-refractivity contribution in [1.29, 1.82) is 0 Å². The summed E-state index contributed by atoms with van der Waals surface area (Å²) in [6.45, 7) is 9.86. The molecule has 7 heteroatoms. The van der Waals surface area contributed by atoms with Gasteiger partial charge < -0.3 is 15.5 Å².